The zero-order valence-electron chi connectivity index (χ0n) is 12.4. The molecule has 0 amide bonds. The Balaban J connectivity index is 2.12. The Morgan fingerprint density at radius 3 is 2.17 bits per heavy atom. The van der Waals surface area contributed by atoms with Gasteiger partial charge in [-0.3, -0.25) is 5.10 Å². The van der Waals surface area contributed by atoms with Gasteiger partial charge < -0.3 is 5.11 Å². The monoisotopic (exact) mass is 363 g/mol. The fraction of sp³-hybridized carbons (Fsp3) is 0.0625. The van der Waals surface area contributed by atoms with Crippen molar-refractivity contribution in [3.05, 3.63) is 59.2 Å². The molecule has 0 aliphatic carbocycles. The first-order valence-electron chi connectivity index (χ1n) is 6.97. The first-order chi connectivity index (χ1) is 11.4. The van der Waals surface area contributed by atoms with Gasteiger partial charge in [-0.05, 0) is 29.8 Å². The number of benzene rings is 2. The van der Waals surface area contributed by atoms with Gasteiger partial charge in [-0.2, -0.15) is 5.10 Å². The quantitative estimate of drug-likeness (QED) is 0.661. The molecule has 1 aromatic heterocycles. The molecule has 0 spiro atoms. The second-order valence-corrected chi connectivity index (χ2v) is 7.16. The summed E-state index contributed by atoms with van der Waals surface area (Å²) in [6.07, 6.45) is 0. The lowest BCUT2D eigenvalue weighted by Crippen LogP contribution is -2.11. The number of hydrogen-bond acceptors (Lipinski definition) is 4. The number of nitrogens with two attached hydrogens (primary N) is 1. The molecular formula is C16H14ClN3O3S. The number of H-pyrrole nitrogens is 1. The van der Waals surface area contributed by atoms with E-state index in [0.717, 1.165) is 11.1 Å². The summed E-state index contributed by atoms with van der Waals surface area (Å²) in [7, 11) is -3.75. The molecule has 1 heterocycles. The van der Waals surface area contributed by atoms with Gasteiger partial charge in [0.15, 0.2) is 0 Å². The Labute approximate surface area is 144 Å². The van der Waals surface area contributed by atoms with E-state index in [1.807, 2.05) is 12.1 Å². The summed E-state index contributed by atoms with van der Waals surface area (Å²) >= 11 is 5.92. The van der Waals surface area contributed by atoms with Gasteiger partial charge in [-0.25, -0.2) is 13.6 Å². The van der Waals surface area contributed by atoms with Crippen LogP contribution in [-0.4, -0.2) is 23.7 Å². The first kappa shape index (κ1) is 16.7. The van der Waals surface area contributed by atoms with Crippen molar-refractivity contribution in [2.75, 3.05) is 0 Å². The number of halogens is 1. The Morgan fingerprint density at radius 2 is 1.62 bits per heavy atom. The predicted octanol–water partition coefficient (Wildman–Crippen LogP) is 2.54. The number of primary sulfonamides is 1. The second-order valence-electron chi connectivity index (χ2n) is 5.16. The third kappa shape index (κ3) is 3.20. The molecule has 24 heavy (non-hydrogen) atoms. The molecule has 0 atom stereocenters. The van der Waals surface area contributed by atoms with Crippen LogP contribution in [0.25, 0.3) is 22.4 Å². The fourth-order valence-electron chi connectivity index (χ4n) is 2.43. The van der Waals surface area contributed by atoms with E-state index in [1.165, 1.54) is 12.1 Å². The van der Waals surface area contributed by atoms with Crippen molar-refractivity contribution in [1.82, 2.24) is 10.2 Å². The van der Waals surface area contributed by atoms with Crippen molar-refractivity contribution in [2.45, 2.75) is 11.5 Å². The van der Waals surface area contributed by atoms with Crippen LogP contribution in [0.2, 0.25) is 5.02 Å². The summed E-state index contributed by atoms with van der Waals surface area (Å²) in [4.78, 5) is 0.0252. The number of rotatable bonds is 4. The van der Waals surface area contributed by atoms with Crippen LogP contribution in [0.3, 0.4) is 0 Å². The molecule has 4 N–H and O–H groups in total. The van der Waals surface area contributed by atoms with Crippen molar-refractivity contribution in [3.8, 4) is 22.4 Å². The van der Waals surface area contributed by atoms with E-state index in [9.17, 15) is 13.5 Å². The van der Waals surface area contributed by atoms with Crippen LogP contribution >= 0.6 is 11.6 Å². The molecule has 0 unspecified atom stereocenters. The van der Waals surface area contributed by atoms with Crippen LogP contribution in [-0.2, 0) is 16.6 Å². The van der Waals surface area contributed by atoms with E-state index in [4.69, 9.17) is 16.7 Å². The number of nitrogens with one attached hydrogen (secondary N) is 1. The van der Waals surface area contributed by atoms with E-state index in [1.54, 1.807) is 24.3 Å². The summed E-state index contributed by atoms with van der Waals surface area (Å²) in [5, 5.41) is 22.3. The maximum absolute atomic E-state index is 11.4. The summed E-state index contributed by atoms with van der Waals surface area (Å²) in [6, 6.07) is 13.2. The molecule has 6 nitrogen and oxygen atoms in total. The minimum Gasteiger partial charge on any atom is -0.390 e. The van der Waals surface area contributed by atoms with Crippen molar-refractivity contribution in [2.24, 2.45) is 5.14 Å². The van der Waals surface area contributed by atoms with E-state index >= 15 is 0 Å². The summed E-state index contributed by atoms with van der Waals surface area (Å²) in [5.74, 6) is 0. The zero-order chi connectivity index (χ0) is 17.3. The van der Waals surface area contributed by atoms with Gasteiger partial charge in [0.25, 0.3) is 0 Å². The topological polar surface area (TPSA) is 109 Å². The van der Waals surface area contributed by atoms with E-state index < -0.39 is 10.0 Å². The Hall–Kier alpha value is -2.19. The molecule has 0 saturated carbocycles. The van der Waals surface area contributed by atoms with Crippen LogP contribution in [0.1, 0.15) is 5.69 Å². The first-order valence-corrected chi connectivity index (χ1v) is 8.90. The average molecular weight is 364 g/mol. The van der Waals surface area contributed by atoms with Gasteiger partial charge in [-0.15, -0.1) is 0 Å². The fourth-order valence-corrected chi connectivity index (χ4v) is 3.07. The third-order valence-electron chi connectivity index (χ3n) is 3.59. The highest BCUT2D eigenvalue weighted by atomic mass is 35.5. The maximum Gasteiger partial charge on any atom is 0.238 e. The van der Waals surface area contributed by atoms with Crippen LogP contribution in [0.4, 0.5) is 0 Å². The molecule has 2 aromatic carbocycles. The minimum atomic E-state index is -3.75. The molecular weight excluding hydrogens is 350 g/mol. The lowest BCUT2D eigenvalue weighted by molar-refractivity contribution is 0.277. The van der Waals surface area contributed by atoms with Gasteiger partial charge in [-0.1, -0.05) is 35.9 Å². The van der Waals surface area contributed by atoms with E-state index in [-0.39, 0.29) is 11.5 Å². The largest absolute Gasteiger partial charge is 0.390 e. The van der Waals surface area contributed by atoms with Gasteiger partial charge in [0.1, 0.15) is 5.69 Å². The summed E-state index contributed by atoms with van der Waals surface area (Å²) in [6.45, 7) is -0.208. The number of nitrogens with zero attached hydrogens (tertiary/aromatic N) is 1. The molecule has 3 aromatic rings. The molecule has 0 saturated heterocycles. The average Bonchev–Trinajstić information content (AvgIpc) is 2.99. The van der Waals surface area contributed by atoms with Gasteiger partial charge in [0.2, 0.25) is 10.0 Å². The highest BCUT2D eigenvalue weighted by Gasteiger charge is 2.17. The summed E-state index contributed by atoms with van der Waals surface area (Å²) < 4.78 is 22.7. The lowest BCUT2D eigenvalue weighted by atomic mass is 9.99. The van der Waals surface area contributed by atoms with Crippen molar-refractivity contribution < 1.29 is 13.5 Å². The Kier molecular flexibility index (Phi) is 4.42. The van der Waals surface area contributed by atoms with Gasteiger partial charge in [0.05, 0.1) is 17.2 Å². The predicted molar refractivity (Wildman–Crippen MR) is 91.8 cm³/mol. The standard InChI is InChI=1S/C16H14ClN3O3S/c17-12-5-1-10(2-6-12)15-14(9-21)19-20-16(15)11-3-7-13(8-4-11)24(18,22)23/h1-8,21H,9H2,(H,19,20)(H2,18,22,23). The van der Waals surface area contributed by atoms with Gasteiger partial charge >= 0.3 is 0 Å². The van der Waals surface area contributed by atoms with Crippen molar-refractivity contribution in [1.29, 1.82) is 0 Å². The SMILES string of the molecule is NS(=O)(=O)c1ccc(-c2n[nH]c(CO)c2-c2ccc(Cl)cc2)cc1. The molecule has 124 valence electrons. The van der Waals surface area contributed by atoms with Crippen LogP contribution < -0.4 is 5.14 Å². The van der Waals surface area contributed by atoms with Gasteiger partial charge in [0, 0.05) is 16.1 Å². The molecule has 0 bridgehead atoms. The molecule has 3 rings (SSSR count). The zero-order valence-corrected chi connectivity index (χ0v) is 14.0. The van der Waals surface area contributed by atoms with Crippen LogP contribution in [0.15, 0.2) is 53.4 Å². The molecule has 0 fully saturated rings. The number of sulfonamides is 1. The number of aromatic amines is 1. The normalized spacial score (nSPS) is 11.6. The van der Waals surface area contributed by atoms with Crippen molar-refractivity contribution >= 4 is 21.6 Å². The smallest absolute Gasteiger partial charge is 0.238 e. The highest BCUT2D eigenvalue weighted by Crippen LogP contribution is 2.34. The third-order valence-corrected chi connectivity index (χ3v) is 4.77. The second kappa shape index (κ2) is 6.37. The molecule has 0 aliphatic heterocycles. The molecule has 0 radical (unpaired) electrons. The number of aromatic nitrogens is 2. The number of aliphatic hydroxyl groups excluding tert-OH is 1. The van der Waals surface area contributed by atoms with Crippen molar-refractivity contribution in [3.63, 3.8) is 0 Å². The lowest BCUT2D eigenvalue weighted by Gasteiger charge is -2.06. The van der Waals surface area contributed by atoms with E-state index in [0.29, 0.717) is 22.0 Å². The molecule has 8 heteroatoms. The Bertz CT molecular complexity index is 965. The van der Waals surface area contributed by atoms with Crippen LogP contribution in [0.5, 0.6) is 0 Å². The van der Waals surface area contributed by atoms with Crippen LogP contribution in [0, 0.1) is 0 Å². The summed E-state index contributed by atoms with van der Waals surface area (Å²) in [5.41, 5.74) is 3.42. The number of hydrogen-bond donors (Lipinski definition) is 3. The molecule has 0 aliphatic rings. The maximum atomic E-state index is 11.4. The van der Waals surface area contributed by atoms with E-state index in [2.05, 4.69) is 10.2 Å². The Morgan fingerprint density at radius 1 is 1.04 bits per heavy atom. The highest BCUT2D eigenvalue weighted by molar-refractivity contribution is 7.89. The number of aliphatic hydroxyl groups is 1. The minimum absolute atomic E-state index is 0.0252.